The SMILES string of the molecule is CC(Nc1cc(Cl)cc(C(F)(F)F)c1)c1nccs1. The van der Waals surface area contributed by atoms with Crippen molar-refractivity contribution in [1.29, 1.82) is 0 Å². The van der Waals surface area contributed by atoms with Crippen LogP contribution in [0.15, 0.2) is 29.8 Å². The van der Waals surface area contributed by atoms with Crippen LogP contribution in [0.2, 0.25) is 5.02 Å². The van der Waals surface area contributed by atoms with Crippen LogP contribution in [0.1, 0.15) is 23.5 Å². The van der Waals surface area contributed by atoms with E-state index in [0.29, 0.717) is 5.69 Å². The summed E-state index contributed by atoms with van der Waals surface area (Å²) in [5.74, 6) is 0. The van der Waals surface area contributed by atoms with Crippen molar-refractivity contribution in [3.05, 3.63) is 45.4 Å². The summed E-state index contributed by atoms with van der Waals surface area (Å²) >= 11 is 7.15. The zero-order valence-electron chi connectivity index (χ0n) is 9.83. The van der Waals surface area contributed by atoms with E-state index in [-0.39, 0.29) is 11.1 Å². The number of hydrogen-bond donors (Lipinski definition) is 1. The van der Waals surface area contributed by atoms with Crippen LogP contribution in [0.4, 0.5) is 18.9 Å². The van der Waals surface area contributed by atoms with E-state index in [2.05, 4.69) is 10.3 Å². The zero-order chi connectivity index (χ0) is 14.0. The molecule has 0 bridgehead atoms. The predicted octanol–water partition coefficient (Wildman–Crippen LogP) is 4.99. The first-order valence-corrected chi connectivity index (χ1v) is 6.66. The first-order chi connectivity index (χ1) is 8.86. The van der Waals surface area contributed by atoms with Gasteiger partial charge in [0.15, 0.2) is 0 Å². The minimum atomic E-state index is -4.41. The van der Waals surface area contributed by atoms with Crippen LogP contribution >= 0.6 is 22.9 Å². The molecule has 0 aliphatic carbocycles. The molecule has 0 aliphatic rings. The van der Waals surface area contributed by atoms with Gasteiger partial charge < -0.3 is 5.32 Å². The van der Waals surface area contributed by atoms with Crippen molar-refractivity contribution in [1.82, 2.24) is 4.98 Å². The standard InChI is InChI=1S/C12H10ClF3N2S/c1-7(11-17-2-3-19-11)18-10-5-8(12(14,15)16)4-9(13)6-10/h2-7,18H,1H3. The van der Waals surface area contributed by atoms with Gasteiger partial charge in [-0.1, -0.05) is 11.6 Å². The number of thiazole rings is 1. The van der Waals surface area contributed by atoms with Gasteiger partial charge in [0.05, 0.1) is 11.6 Å². The van der Waals surface area contributed by atoms with Crippen LogP contribution in [0.3, 0.4) is 0 Å². The highest BCUT2D eigenvalue weighted by atomic mass is 35.5. The predicted molar refractivity (Wildman–Crippen MR) is 70.6 cm³/mol. The Bertz CT molecular complexity index is 555. The Hall–Kier alpha value is -1.27. The molecule has 19 heavy (non-hydrogen) atoms. The average molecular weight is 307 g/mol. The van der Waals surface area contributed by atoms with E-state index in [1.54, 1.807) is 6.20 Å². The Kier molecular flexibility index (Phi) is 4.01. The molecule has 102 valence electrons. The molecule has 1 heterocycles. The fourth-order valence-electron chi connectivity index (χ4n) is 1.60. The van der Waals surface area contributed by atoms with E-state index in [4.69, 9.17) is 11.6 Å². The normalized spacial score (nSPS) is 13.3. The van der Waals surface area contributed by atoms with Crippen LogP contribution in [0.25, 0.3) is 0 Å². The summed E-state index contributed by atoms with van der Waals surface area (Å²) in [4.78, 5) is 4.11. The third kappa shape index (κ3) is 3.61. The van der Waals surface area contributed by atoms with Crippen LogP contribution < -0.4 is 5.32 Å². The van der Waals surface area contributed by atoms with Gasteiger partial charge >= 0.3 is 6.18 Å². The Morgan fingerprint density at radius 2 is 2.05 bits per heavy atom. The summed E-state index contributed by atoms with van der Waals surface area (Å²) in [5.41, 5.74) is -0.448. The molecule has 7 heteroatoms. The van der Waals surface area contributed by atoms with Crippen LogP contribution in [0.5, 0.6) is 0 Å². The summed E-state index contributed by atoms with van der Waals surface area (Å²) in [5, 5.41) is 5.62. The molecule has 0 amide bonds. The van der Waals surface area contributed by atoms with Crippen LogP contribution in [-0.4, -0.2) is 4.98 Å². The third-order valence-corrected chi connectivity index (χ3v) is 3.61. The fourth-order valence-corrected chi connectivity index (χ4v) is 2.48. The van der Waals surface area contributed by atoms with E-state index in [0.717, 1.165) is 17.1 Å². The Morgan fingerprint density at radius 1 is 1.32 bits per heavy atom. The van der Waals surface area contributed by atoms with Gasteiger partial charge in [-0.05, 0) is 25.1 Å². The molecule has 0 radical (unpaired) electrons. The minimum Gasteiger partial charge on any atom is -0.376 e. The molecular weight excluding hydrogens is 297 g/mol. The van der Waals surface area contributed by atoms with Gasteiger partial charge in [0.1, 0.15) is 5.01 Å². The summed E-state index contributed by atoms with van der Waals surface area (Å²) < 4.78 is 38.0. The van der Waals surface area contributed by atoms with Crippen LogP contribution in [-0.2, 0) is 6.18 Å². The van der Waals surface area contributed by atoms with Crippen molar-refractivity contribution in [2.45, 2.75) is 19.1 Å². The van der Waals surface area contributed by atoms with Gasteiger partial charge in [-0.25, -0.2) is 4.98 Å². The van der Waals surface area contributed by atoms with Gasteiger partial charge in [-0.3, -0.25) is 0 Å². The summed E-state index contributed by atoms with van der Waals surface area (Å²) in [6, 6.07) is 3.22. The molecule has 2 rings (SSSR count). The molecule has 1 aromatic heterocycles. The Balaban J connectivity index is 2.23. The molecule has 1 atom stereocenters. The fraction of sp³-hybridized carbons (Fsp3) is 0.250. The molecular formula is C12H10ClF3N2S. The van der Waals surface area contributed by atoms with Gasteiger partial charge in [0.25, 0.3) is 0 Å². The first-order valence-electron chi connectivity index (χ1n) is 5.40. The van der Waals surface area contributed by atoms with Crippen molar-refractivity contribution in [3.63, 3.8) is 0 Å². The monoisotopic (exact) mass is 306 g/mol. The second-order valence-corrected chi connectivity index (χ2v) is 5.33. The van der Waals surface area contributed by atoms with E-state index < -0.39 is 11.7 Å². The maximum Gasteiger partial charge on any atom is 0.416 e. The lowest BCUT2D eigenvalue weighted by Crippen LogP contribution is -2.09. The molecule has 0 aliphatic heterocycles. The second kappa shape index (κ2) is 5.38. The smallest absolute Gasteiger partial charge is 0.376 e. The van der Waals surface area contributed by atoms with Crippen molar-refractivity contribution >= 4 is 28.6 Å². The van der Waals surface area contributed by atoms with Gasteiger partial charge in [0.2, 0.25) is 0 Å². The number of hydrogen-bond acceptors (Lipinski definition) is 3. The number of nitrogens with one attached hydrogen (secondary N) is 1. The highest BCUT2D eigenvalue weighted by Crippen LogP contribution is 2.34. The van der Waals surface area contributed by atoms with Crippen molar-refractivity contribution in [3.8, 4) is 0 Å². The summed E-state index contributed by atoms with van der Waals surface area (Å²) in [6.45, 7) is 1.83. The molecule has 0 fully saturated rings. The Labute approximate surface area is 117 Å². The number of alkyl halides is 3. The molecule has 1 N–H and O–H groups in total. The van der Waals surface area contributed by atoms with Gasteiger partial charge in [0, 0.05) is 22.3 Å². The lowest BCUT2D eigenvalue weighted by Gasteiger charge is -2.15. The molecule has 0 saturated carbocycles. The molecule has 0 spiro atoms. The minimum absolute atomic E-state index is 0.0451. The largest absolute Gasteiger partial charge is 0.416 e. The third-order valence-electron chi connectivity index (χ3n) is 2.43. The number of aromatic nitrogens is 1. The number of rotatable bonds is 3. The van der Waals surface area contributed by atoms with Crippen LogP contribution in [0, 0.1) is 0 Å². The van der Waals surface area contributed by atoms with E-state index >= 15 is 0 Å². The maximum atomic E-state index is 12.7. The summed E-state index contributed by atoms with van der Waals surface area (Å²) in [6.07, 6.45) is -2.76. The first kappa shape index (κ1) is 14.1. The molecule has 0 saturated heterocycles. The number of nitrogens with zero attached hydrogens (tertiary/aromatic N) is 1. The highest BCUT2D eigenvalue weighted by Gasteiger charge is 2.31. The van der Waals surface area contributed by atoms with Gasteiger partial charge in [-0.2, -0.15) is 13.2 Å². The lowest BCUT2D eigenvalue weighted by molar-refractivity contribution is -0.137. The van der Waals surface area contributed by atoms with E-state index in [1.807, 2.05) is 12.3 Å². The lowest BCUT2D eigenvalue weighted by atomic mass is 10.2. The Morgan fingerprint density at radius 3 is 2.63 bits per heavy atom. The topological polar surface area (TPSA) is 24.9 Å². The highest BCUT2D eigenvalue weighted by molar-refractivity contribution is 7.09. The maximum absolute atomic E-state index is 12.7. The number of anilines is 1. The second-order valence-electron chi connectivity index (χ2n) is 3.96. The average Bonchev–Trinajstić information content (AvgIpc) is 2.80. The summed E-state index contributed by atoms with van der Waals surface area (Å²) in [7, 11) is 0. The number of halogens is 4. The molecule has 2 nitrogen and oxygen atoms in total. The molecule has 1 unspecified atom stereocenters. The molecule has 1 aromatic carbocycles. The van der Waals surface area contributed by atoms with Crippen molar-refractivity contribution in [2.24, 2.45) is 0 Å². The molecule has 2 aromatic rings. The van der Waals surface area contributed by atoms with E-state index in [9.17, 15) is 13.2 Å². The quantitative estimate of drug-likeness (QED) is 0.864. The van der Waals surface area contributed by atoms with Crippen molar-refractivity contribution < 1.29 is 13.2 Å². The van der Waals surface area contributed by atoms with Gasteiger partial charge in [-0.15, -0.1) is 11.3 Å². The zero-order valence-corrected chi connectivity index (χ0v) is 11.4. The van der Waals surface area contributed by atoms with Crippen molar-refractivity contribution in [2.75, 3.05) is 5.32 Å². The number of benzene rings is 1. The van der Waals surface area contributed by atoms with E-state index in [1.165, 1.54) is 17.4 Å².